The Morgan fingerprint density at radius 2 is 0.726 bits per heavy atom. The van der Waals surface area contributed by atoms with Crippen molar-refractivity contribution in [3.63, 3.8) is 0 Å². The summed E-state index contributed by atoms with van der Waals surface area (Å²) >= 11 is 0. The van der Waals surface area contributed by atoms with Crippen molar-refractivity contribution in [2.75, 3.05) is 14.7 Å². The number of rotatable bonds is 12. The predicted molar refractivity (Wildman–Crippen MR) is 450 cm³/mol. The molecule has 0 unspecified atom stereocenters. The largest absolute Gasteiger partial charge is 0.311 e. The molecule has 0 aliphatic carbocycles. The third kappa shape index (κ3) is 10.4. The summed E-state index contributed by atoms with van der Waals surface area (Å²) < 4.78 is 201. The maximum Gasteiger partial charge on any atom is 0.252 e. The molecule has 0 atom stereocenters. The summed E-state index contributed by atoms with van der Waals surface area (Å²) in [6, 6.07) is 70.7. The van der Waals surface area contributed by atoms with Gasteiger partial charge in [0.2, 0.25) is 0 Å². The van der Waals surface area contributed by atoms with E-state index in [9.17, 15) is 21.9 Å². The highest BCUT2D eigenvalue weighted by atomic mass is 15.2. The smallest absolute Gasteiger partial charge is 0.252 e. The lowest BCUT2D eigenvalue weighted by Crippen LogP contribution is -2.61. The van der Waals surface area contributed by atoms with Crippen LogP contribution in [0.5, 0.6) is 0 Å². The van der Waals surface area contributed by atoms with Crippen LogP contribution in [-0.2, 0) is 5.41 Å². The van der Waals surface area contributed by atoms with E-state index in [0.29, 0.717) is 56.2 Å². The zero-order valence-corrected chi connectivity index (χ0v) is 57.6. The van der Waals surface area contributed by atoms with E-state index in [1.54, 1.807) is 33.7 Å². The minimum Gasteiger partial charge on any atom is -0.311 e. The van der Waals surface area contributed by atoms with Gasteiger partial charge in [0.25, 0.3) is 6.71 Å². The maximum atomic E-state index is 10.2. The molecule has 0 bridgehead atoms. The number of hydrogen-bond acceptors (Lipinski definition) is 3. The van der Waals surface area contributed by atoms with Crippen LogP contribution in [0, 0.1) is 0 Å². The van der Waals surface area contributed by atoms with Crippen LogP contribution in [0.15, 0.2) is 382 Å². The first-order chi connectivity index (χ1) is 60.9. The van der Waals surface area contributed by atoms with Crippen LogP contribution in [0.2, 0.25) is 0 Å². The van der Waals surface area contributed by atoms with Gasteiger partial charge in [0.1, 0.15) is 0 Å². The van der Waals surface area contributed by atoms with Crippen LogP contribution >= 0.6 is 0 Å². The Kier molecular flexibility index (Phi) is 10.5. The number of fused-ring (bicyclic) bond motifs is 10. The molecule has 6 heteroatoms. The lowest BCUT2D eigenvalue weighted by molar-refractivity contribution is 0.590. The Labute approximate surface area is 648 Å². The van der Waals surface area contributed by atoms with Crippen molar-refractivity contribution in [2.24, 2.45) is 0 Å². The maximum absolute atomic E-state index is 10.2. The normalized spacial score (nSPS) is 15.2. The van der Waals surface area contributed by atoms with Crippen molar-refractivity contribution in [1.82, 2.24) is 9.13 Å². The molecule has 2 aromatic heterocycles. The topological polar surface area (TPSA) is 19.6 Å². The zero-order valence-electron chi connectivity index (χ0n) is 78.6. The Hall–Kier alpha value is -13.4. The van der Waals surface area contributed by atoms with Gasteiger partial charge in [0.15, 0.2) is 0 Å². The average molecular weight is 1380 g/mol. The predicted octanol–water partition coefficient (Wildman–Crippen LogP) is 25.1. The Bertz CT molecular complexity index is 7480. The molecule has 16 aromatic carbocycles. The van der Waals surface area contributed by atoms with Gasteiger partial charge >= 0.3 is 0 Å². The minimum atomic E-state index is -0.814. The second-order valence-corrected chi connectivity index (χ2v) is 27.7. The minimum absolute atomic E-state index is 0.134. The van der Waals surface area contributed by atoms with Crippen molar-refractivity contribution in [1.29, 1.82) is 0 Å². The van der Waals surface area contributed by atoms with Crippen LogP contribution < -0.4 is 31.1 Å². The van der Waals surface area contributed by atoms with E-state index in [1.807, 2.05) is 146 Å². The quantitative estimate of drug-likeness (QED) is 0.114. The zero-order chi connectivity index (χ0) is 88.8. The van der Waals surface area contributed by atoms with E-state index in [-0.39, 0.29) is 77.5 Å². The van der Waals surface area contributed by atoms with E-state index in [0.717, 1.165) is 55.5 Å². The molecule has 0 fully saturated rings. The molecule has 18 aromatic rings. The Balaban J connectivity index is 0.963. The summed E-state index contributed by atoms with van der Waals surface area (Å²) in [7, 11) is 0. The molecule has 0 radical (unpaired) electrons. The van der Waals surface area contributed by atoms with E-state index in [1.165, 1.54) is 4.57 Å². The second kappa shape index (κ2) is 25.2. The van der Waals surface area contributed by atoms with Crippen molar-refractivity contribution in [3.8, 4) is 67.0 Å². The van der Waals surface area contributed by atoms with Crippen molar-refractivity contribution in [3.05, 3.63) is 387 Å². The van der Waals surface area contributed by atoms with Crippen LogP contribution in [0.25, 0.3) is 111 Å². The SMILES string of the molecule is [2H]c1c([2H])c([2H])c(N(c2ccc(-n3c4c([2H])c([2H])c([2H])c([2H])c4c4c([2H])c([2H])c([2H])c([2H])c43)cc2)c2ccc3c(c2)N(c2c(-c4ccccc4)cccc2-c2ccccc2)c2cc(-n4c5c([2H])c([2H])c([2H])c([2H])c5c5c([2H])c([2H])c([2H])c([2H])c54)cc4c2B3c2ccc(-c3cccc(C(C)(C)C)c3)cc2N4c2cc(-c3ccccc3)cc(-c3ccccc3)c2)c([2H])c1[2H]. The first-order valence-electron chi connectivity index (χ1n) is 45.6. The van der Waals surface area contributed by atoms with Gasteiger partial charge in [-0.1, -0.05) is 293 Å². The van der Waals surface area contributed by atoms with Gasteiger partial charge in [0, 0.05) is 83.9 Å². The molecule has 0 amide bonds. The van der Waals surface area contributed by atoms with E-state index in [4.69, 9.17) is 6.85 Å². The molecule has 20 rings (SSSR count). The van der Waals surface area contributed by atoms with Crippen LogP contribution in [0.3, 0.4) is 0 Å². The number of hydrogen-bond donors (Lipinski definition) is 0. The fraction of sp³-hybridized carbons (Fsp3) is 0.0400. The van der Waals surface area contributed by atoms with E-state index < -0.39 is 134 Å². The molecule has 0 saturated carbocycles. The van der Waals surface area contributed by atoms with E-state index in [2.05, 4.69) is 116 Å². The standard InChI is InChI=1S/C100H72BN5/c1-100(2,3)75-38-27-37-71(60-75)72-51-57-88-94(63-72)105(80-61-73(67-29-9-4-10-30-67)59-74(62-80)68-31-11-5-12-32-68)96-65-81(104-92-49-25-21-43-86(92)87-44-22-26-50-93(87)104)66-97-98(96)101(88)89-58-56-79(64-95(89)106(97)99-82(69-33-13-6-14-34-69)45-28-46-83(99)70-35-15-7-16-36-70)102(76-39-17-8-18-40-76)77-52-54-78(55-53-77)103-90-47-23-19-41-84(90)85-42-20-24-48-91(85)103/h4-66H,1-3H3/i8D,17D,18D,19D,20D,21D,22D,23D,24D,25D,26D,39D,40D,41D,42D,43D,44D,47D,48D,49D,50D. The van der Waals surface area contributed by atoms with E-state index >= 15 is 0 Å². The first kappa shape index (κ1) is 44.2. The molecule has 2 aliphatic heterocycles. The molecule has 500 valence electrons. The molecule has 106 heavy (non-hydrogen) atoms. The summed E-state index contributed by atoms with van der Waals surface area (Å²) in [5.74, 6) is 0. The third-order valence-corrected chi connectivity index (χ3v) is 20.6. The van der Waals surface area contributed by atoms with Crippen LogP contribution in [-0.4, -0.2) is 15.8 Å². The Morgan fingerprint density at radius 1 is 0.292 bits per heavy atom. The van der Waals surface area contributed by atoms with Gasteiger partial charge < -0.3 is 23.8 Å². The highest BCUT2D eigenvalue weighted by Crippen LogP contribution is 2.53. The number of nitrogens with zero attached hydrogens (tertiary/aromatic N) is 5. The highest BCUT2D eigenvalue weighted by molar-refractivity contribution is 7.00. The molecule has 0 spiro atoms. The van der Waals surface area contributed by atoms with Gasteiger partial charge in [-0.3, -0.25) is 0 Å². The van der Waals surface area contributed by atoms with Gasteiger partial charge in [-0.15, -0.1) is 0 Å². The molecule has 4 heterocycles. The number of aromatic nitrogens is 2. The number of benzene rings is 16. The van der Waals surface area contributed by atoms with Crippen molar-refractivity contribution >= 4 is 118 Å². The summed E-state index contributed by atoms with van der Waals surface area (Å²) in [4.78, 5) is 5.92. The van der Waals surface area contributed by atoms with Crippen molar-refractivity contribution < 1.29 is 28.8 Å². The molecule has 0 saturated heterocycles. The summed E-state index contributed by atoms with van der Waals surface area (Å²) in [6.45, 7) is 5.68. The fourth-order valence-electron chi connectivity index (χ4n) is 15.8. The Morgan fingerprint density at radius 3 is 1.25 bits per heavy atom. The average Bonchev–Trinajstić information content (AvgIpc) is 1.68. The van der Waals surface area contributed by atoms with Crippen LogP contribution in [0.4, 0.5) is 51.2 Å². The molecule has 2 aliphatic rings. The van der Waals surface area contributed by atoms with Gasteiger partial charge in [-0.05, 0) is 181 Å². The summed E-state index contributed by atoms with van der Waals surface area (Å²) in [5, 5.41) is -0.583. The lowest BCUT2D eigenvalue weighted by atomic mass is 9.33. The number of para-hydroxylation sites is 6. The first-order valence-corrected chi connectivity index (χ1v) is 35.1. The number of anilines is 9. The lowest BCUT2D eigenvalue weighted by Gasteiger charge is -2.45. The van der Waals surface area contributed by atoms with Gasteiger partial charge in [-0.2, -0.15) is 0 Å². The molecule has 5 nitrogen and oxygen atoms in total. The van der Waals surface area contributed by atoms with Crippen molar-refractivity contribution in [2.45, 2.75) is 26.2 Å². The second-order valence-electron chi connectivity index (χ2n) is 27.7. The highest BCUT2D eigenvalue weighted by Gasteiger charge is 2.45. The van der Waals surface area contributed by atoms with Gasteiger partial charge in [0.05, 0.1) is 62.2 Å². The molecular weight excluding hydrogens is 1280 g/mol. The summed E-state index contributed by atoms with van der Waals surface area (Å²) in [5.41, 5.74) is 14.6. The third-order valence-electron chi connectivity index (χ3n) is 20.6. The summed E-state index contributed by atoms with van der Waals surface area (Å²) in [6.07, 6.45) is 0. The molecular formula is C100H72BN5. The van der Waals surface area contributed by atoms with Crippen LogP contribution in [0.1, 0.15) is 55.1 Å². The molecule has 0 N–H and O–H groups in total. The monoisotopic (exact) mass is 1370 g/mol. The fourth-order valence-corrected chi connectivity index (χ4v) is 15.8. The van der Waals surface area contributed by atoms with Gasteiger partial charge in [-0.25, -0.2) is 0 Å².